The molecule has 6 atom stereocenters. The standard InChI is InChI=1S/C20H24O8/c1-10(2)18(23)27-14-7-12(8-21)13(25-4)5-6-20(9-26-20)17(22)16-15(14)11(3)19(24)28-16/h7-8,13-17,22H,1,3,5-6,9H2,2,4H3/b12-7+/t13-,14-,15-,16+,17-,20-/m1/s1. The smallest absolute Gasteiger partial charge is 0.334 e. The molecule has 2 saturated heterocycles. The summed E-state index contributed by atoms with van der Waals surface area (Å²) >= 11 is 0. The molecule has 1 N–H and O–H groups in total. The van der Waals surface area contributed by atoms with Crippen LogP contribution in [0.4, 0.5) is 0 Å². The molecule has 3 rings (SSSR count). The van der Waals surface area contributed by atoms with Crippen LogP contribution in [0.15, 0.2) is 36.0 Å². The lowest BCUT2D eigenvalue weighted by Gasteiger charge is -2.33. The fourth-order valence-electron chi connectivity index (χ4n) is 3.75. The number of esters is 2. The van der Waals surface area contributed by atoms with Crippen molar-refractivity contribution >= 4 is 18.2 Å². The first kappa shape index (κ1) is 20.4. The Labute approximate surface area is 162 Å². The first-order valence-corrected chi connectivity index (χ1v) is 9.02. The third-order valence-corrected chi connectivity index (χ3v) is 5.55. The molecule has 1 aliphatic carbocycles. The quantitative estimate of drug-likeness (QED) is 0.321. The van der Waals surface area contributed by atoms with Gasteiger partial charge in [0, 0.05) is 23.8 Å². The normalized spacial score (nSPS) is 39.4. The summed E-state index contributed by atoms with van der Waals surface area (Å²) in [5.41, 5.74) is -0.439. The van der Waals surface area contributed by atoms with Crippen molar-refractivity contribution in [1.82, 2.24) is 0 Å². The van der Waals surface area contributed by atoms with Crippen LogP contribution in [0.5, 0.6) is 0 Å². The zero-order valence-corrected chi connectivity index (χ0v) is 15.9. The lowest BCUT2D eigenvalue weighted by molar-refractivity contribution is -0.152. The van der Waals surface area contributed by atoms with Crippen LogP contribution in [0.1, 0.15) is 19.8 Å². The van der Waals surface area contributed by atoms with E-state index in [0.717, 1.165) is 0 Å². The first-order chi connectivity index (χ1) is 13.2. The van der Waals surface area contributed by atoms with Gasteiger partial charge in [-0.2, -0.15) is 0 Å². The van der Waals surface area contributed by atoms with Crippen LogP contribution >= 0.6 is 0 Å². The predicted molar refractivity (Wildman–Crippen MR) is 96.1 cm³/mol. The van der Waals surface area contributed by atoms with E-state index in [4.69, 9.17) is 18.9 Å². The van der Waals surface area contributed by atoms with Gasteiger partial charge in [0.1, 0.15) is 30.2 Å². The van der Waals surface area contributed by atoms with Crippen LogP contribution in [-0.2, 0) is 33.3 Å². The van der Waals surface area contributed by atoms with Gasteiger partial charge in [-0.3, -0.25) is 4.79 Å². The van der Waals surface area contributed by atoms with Crippen molar-refractivity contribution < 1.29 is 38.4 Å². The summed E-state index contributed by atoms with van der Waals surface area (Å²) in [6, 6.07) is 0. The summed E-state index contributed by atoms with van der Waals surface area (Å²) in [6.45, 7) is 9.07. The molecule has 8 nitrogen and oxygen atoms in total. The Balaban J connectivity index is 2.09. The summed E-state index contributed by atoms with van der Waals surface area (Å²) in [5, 5.41) is 10.9. The van der Waals surface area contributed by atoms with Gasteiger partial charge in [-0.25, -0.2) is 9.59 Å². The number of hydrogen-bond donors (Lipinski definition) is 1. The number of epoxide rings is 1. The van der Waals surface area contributed by atoms with Crippen molar-refractivity contribution in [3.05, 3.63) is 36.0 Å². The minimum absolute atomic E-state index is 0.0513. The van der Waals surface area contributed by atoms with Gasteiger partial charge in [0.2, 0.25) is 0 Å². The van der Waals surface area contributed by atoms with E-state index >= 15 is 0 Å². The van der Waals surface area contributed by atoms with Gasteiger partial charge in [0.05, 0.1) is 18.6 Å². The average molecular weight is 392 g/mol. The monoisotopic (exact) mass is 392 g/mol. The molecule has 0 radical (unpaired) electrons. The van der Waals surface area contributed by atoms with Gasteiger partial charge < -0.3 is 24.1 Å². The van der Waals surface area contributed by atoms with E-state index in [9.17, 15) is 19.5 Å². The fourth-order valence-corrected chi connectivity index (χ4v) is 3.75. The molecule has 2 heterocycles. The predicted octanol–water partition coefficient (Wildman–Crippen LogP) is 0.636. The van der Waals surface area contributed by atoms with Crippen LogP contribution in [0.2, 0.25) is 0 Å². The van der Waals surface area contributed by atoms with Crippen LogP contribution in [0.3, 0.4) is 0 Å². The van der Waals surface area contributed by atoms with Gasteiger partial charge in [-0.15, -0.1) is 0 Å². The van der Waals surface area contributed by atoms with Gasteiger partial charge in [-0.1, -0.05) is 13.2 Å². The molecule has 1 spiro atoms. The molecule has 0 amide bonds. The van der Waals surface area contributed by atoms with Crippen molar-refractivity contribution in [2.24, 2.45) is 5.92 Å². The number of methoxy groups -OCH3 is 1. The molecule has 152 valence electrons. The summed E-state index contributed by atoms with van der Waals surface area (Å²) in [5.74, 6) is -2.27. The number of fused-ring (bicyclic) bond motifs is 1. The molecule has 0 unspecified atom stereocenters. The number of carbonyl (C=O) groups excluding carboxylic acids is 3. The number of ether oxygens (including phenoxy) is 4. The van der Waals surface area contributed by atoms with E-state index < -0.39 is 47.9 Å². The third-order valence-electron chi connectivity index (χ3n) is 5.55. The molecule has 3 aliphatic rings. The van der Waals surface area contributed by atoms with Gasteiger partial charge >= 0.3 is 11.9 Å². The number of aliphatic hydroxyl groups is 1. The molecule has 2 aliphatic heterocycles. The Bertz CT molecular complexity index is 747. The minimum Gasteiger partial charge on any atom is -0.455 e. The highest BCUT2D eigenvalue weighted by Gasteiger charge is 2.60. The molecule has 2 fully saturated rings. The summed E-state index contributed by atoms with van der Waals surface area (Å²) in [4.78, 5) is 36.1. The Morgan fingerprint density at radius 2 is 2.14 bits per heavy atom. The Morgan fingerprint density at radius 1 is 1.46 bits per heavy atom. The highest BCUT2D eigenvalue weighted by molar-refractivity contribution is 5.92. The molecule has 8 heteroatoms. The number of aliphatic hydroxyl groups excluding tert-OH is 1. The summed E-state index contributed by atoms with van der Waals surface area (Å²) < 4.78 is 21.8. The van der Waals surface area contributed by atoms with E-state index in [1.807, 2.05) is 0 Å². The number of carbonyl (C=O) groups is 3. The molecule has 28 heavy (non-hydrogen) atoms. The summed E-state index contributed by atoms with van der Waals surface area (Å²) in [6.07, 6.45) is -0.958. The molecule has 0 aromatic carbocycles. The largest absolute Gasteiger partial charge is 0.455 e. The maximum Gasteiger partial charge on any atom is 0.334 e. The second-order valence-corrected chi connectivity index (χ2v) is 7.42. The van der Waals surface area contributed by atoms with E-state index in [-0.39, 0.29) is 23.3 Å². The van der Waals surface area contributed by atoms with Gasteiger partial charge in [-0.05, 0) is 25.8 Å². The van der Waals surface area contributed by atoms with E-state index in [1.54, 1.807) is 0 Å². The van der Waals surface area contributed by atoms with Crippen molar-refractivity contribution in [3.63, 3.8) is 0 Å². The fraction of sp³-hybridized carbons (Fsp3) is 0.550. The van der Waals surface area contributed by atoms with E-state index in [0.29, 0.717) is 19.1 Å². The second-order valence-electron chi connectivity index (χ2n) is 7.42. The third kappa shape index (κ3) is 3.55. The lowest BCUT2D eigenvalue weighted by atomic mass is 9.80. The van der Waals surface area contributed by atoms with E-state index in [1.165, 1.54) is 20.1 Å². The molecule has 0 aromatic rings. The first-order valence-electron chi connectivity index (χ1n) is 9.02. The topological polar surface area (TPSA) is 112 Å². The van der Waals surface area contributed by atoms with Crippen molar-refractivity contribution in [1.29, 1.82) is 0 Å². The van der Waals surface area contributed by atoms with Crippen LogP contribution < -0.4 is 0 Å². The SMILES string of the molecule is C=C(C)C(=O)O[C@@H]1/C=C(\C=O)[C@H](OC)CC[C@@]2(CO2)[C@H](O)[C@H]2OC(=O)C(=C)[C@@H]21. The molecule has 0 saturated carbocycles. The van der Waals surface area contributed by atoms with Crippen molar-refractivity contribution in [2.45, 2.75) is 49.8 Å². The number of rotatable bonds is 4. The number of aldehydes is 1. The maximum atomic E-state index is 12.2. The molecule has 0 bridgehead atoms. The zero-order chi connectivity index (χ0) is 20.6. The Morgan fingerprint density at radius 3 is 2.68 bits per heavy atom. The molecular weight excluding hydrogens is 368 g/mol. The van der Waals surface area contributed by atoms with Crippen LogP contribution in [0, 0.1) is 5.92 Å². The van der Waals surface area contributed by atoms with Gasteiger partial charge in [0.15, 0.2) is 0 Å². The highest BCUT2D eigenvalue weighted by atomic mass is 16.6. The zero-order valence-electron chi connectivity index (χ0n) is 15.9. The van der Waals surface area contributed by atoms with Crippen LogP contribution in [0.25, 0.3) is 0 Å². The van der Waals surface area contributed by atoms with Crippen molar-refractivity contribution in [3.8, 4) is 0 Å². The van der Waals surface area contributed by atoms with Gasteiger partial charge in [0.25, 0.3) is 0 Å². The summed E-state index contributed by atoms with van der Waals surface area (Å²) in [7, 11) is 1.46. The van der Waals surface area contributed by atoms with Crippen LogP contribution in [-0.4, -0.2) is 67.1 Å². The lowest BCUT2D eigenvalue weighted by Crippen LogP contribution is -2.47. The second kappa shape index (κ2) is 7.62. The van der Waals surface area contributed by atoms with E-state index in [2.05, 4.69) is 13.2 Å². The molecular formula is C20H24O8. The number of hydrogen-bond acceptors (Lipinski definition) is 8. The highest BCUT2D eigenvalue weighted by Crippen LogP contribution is 2.45. The molecule has 0 aromatic heterocycles. The Hall–Kier alpha value is -2.29. The maximum absolute atomic E-state index is 12.2. The van der Waals surface area contributed by atoms with Crippen molar-refractivity contribution in [2.75, 3.05) is 13.7 Å². The Kier molecular flexibility index (Phi) is 5.56. The minimum atomic E-state index is -1.14. The average Bonchev–Trinajstić information content (AvgIpc) is 3.39.